The number of aromatic amines is 1. The molecule has 1 N–H and O–H groups in total. The molecule has 0 bridgehead atoms. The maximum Gasteiger partial charge on any atom is 0.216 e. The molecule has 0 spiro atoms. The van der Waals surface area contributed by atoms with Crippen molar-refractivity contribution in [2.75, 3.05) is 7.11 Å². The van der Waals surface area contributed by atoms with E-state index in [1.165, 1.54) is 5.56 Å². The van der Waals surface area contributed by atoms with Gasteiger partial charge in [0, 0.05) is 12.0 Å². The van der Waals surface area contributed by atoms with Gasteiger partial charge in [-0.25, -0.2) is 0 Å². The molecule has 4 rings (SSSR count). The van der Waals surface area contributed by atoms with Gasteiger partial charge < -0.3 is 9.47 Å². The van der Waals surface area contributed by atoms with Crippen molar-refractivity contribution < 1.29 is 9.47 Å². The van der Waals surface area contributed by atoms with Crippen LogP contribution in [0.1, 0.15) is 28.1 Å². The zero-order chi connectivity index (χ0) is 22.3. The molecule has 7 heteroatoms. The third-order valence-corrected chi connectivity index (χ3v) is 5.30. The summed E-state index contributed by atoms with van der Waals surface area (Å²) in [4.78, 5) is 0. The lowest BCUT2D eigenvalue weighted by Crippen LogP contribution is -2.02. The minimum Gasteiger partial charge on any atom is -0.496 e. The Kier molecular flexibility index (Phi) is 6.77. The van der Waals surface area contributed by atoms with Gasteiger partial charge in [0.2, 0.25) is 4.77 Å². The molecular formula is C25H24N4O2S. The fourth-order valence-electron chi connectivity index (χ4n) is 3.38. The molecule has 0 radical (unpaired) electrons. The third kappa shape index (κ3) is 5.12. The van der Waals surface area contributed by atoms with E-state index in [0.29, 0.717) is 17.2 Å². The van der Waals surface area contributed by atoms with Gasteiger partial charge >= 0.3 is 0 Å². The number of nitrogens with zero attached hydrogens (tertiary/aromatic N) is 3. The second kappa shape index (κ2) is 10.1. The summed E-state index contributed by atoms with van der Waals surface area (Å²) in [5.41, 5.74) is 4.22. The smallest absolute Gasteiger partial charge is 0.216 e. The van der Waals surface area contributed by atoms with E-state index in [-0.39, 0.29) is 0 Å². The Morgan fingerprint density at radius 1 is 1.00 bits per heavy atom. The predicted molar refractivity (Wildman–Crippen MR) is 128 cm³/mol. The van der Waals surface area contributed by atoms with Crippen LogP contribution in [0.4, 0.5) is 0 Å². The summed E-state index contributed by atoms with van der Waals surface area (Å²) in [6, 6.07) is 24.3. The number of aryl methyl sites for hydroxylation is 1. The van der Waals surface area contributed by atoms with E-state index in [0.717, 1.165) is 34.6 Å². The van der Waals surface area contributed by atoms with Crippen molar-refractivity contribution >= 4 is 18.4 Å². The second-order valence-electron chi connectivity index (χ2n) is 7.26. The van der Waals surface area contributed by atoms with E-state index in [1.54, 1.807) is 18.0 Å². The van der Waals surface area contributed by atoms with Crippen LogP contribution in [0.3, 0.4) is 0 Å². The zero-order valence-electron chi connectivity index (χ0n) is 18.0. The van der Waals surface area contributed by atoms with Crippen LogP contribution in [0, 0.1) is 11.7 Å². The molecule has 0 aliphatic carbocycles. The number of rotatable bonds is 8. The Bertz CT molecular complexity index is 1280. The molecule has 0 fully saturated rings. The molecule has 6 nitrogen and oxygen atoms in total. The summed E-state index contributed by atoms with van der Waals surface area (Å²) in [6.45, 7) is 2.21. The number of benzene rings is 3. The first-order chi connectivity index (χ1) is 15.6. The van der Waals surface area contributed by atoms with Crippen LogP contribution < -0.4 is 9.47 Å². The van der Waals surface area contributed by atoms with Crippen LogP contribution in [0.2, 0.25) is 0 Å². The molecule has 0 atom stereocenters. The van der Waals surface area contributed by atoms with Crippen molar-refractivity contribution in [2.45, 2.75) is 20.0 Å². The Hall–Kier alpha value is -3.71. The monoisotopic (exact) mass is 444 g/mol. The zero-order valence-corrected chi connectivity index (χ0v) is 18.8. The van der Waals surface area contributed by atoms with E-state index in [1.807, 2.05) is 49.4 Å². The van der Waals surface area contributed by atoms with E-state index in [2.05, 4.69) is 45.6 Å². The SMILES string of the molecule is COc1ccc(/C=N/n2c(C)n[nH]c2=S)cc1COc1ccccc1Cc1ccccc1. The van der Waals surface area contributed by atoms with Gasteiger partial charge in [0.25, 0.3) is 0 Å². The number of methoxy groups -OCH3 is 1. The largest absolute Gasteiger partial charge is 0.496 e. The molecule has 1 heterocycles. The van der Waals surface area contributed by atoms with Crippen LogP contribution in [0.15, 0.2) is 77.9 Å². The van der Waals surface area contributed by atoms with Gasteiger partial charge in [0.15, 0.2) is 0 Å². The van der Waals surface area contributed by atoms with Crippen molar-refractivity contribution in [1.29, 1.82) is 0 Å². The standard InChI is InChI=1S/C25H24N4O2S/c1-18-27-28-25(32)29(18)26-16-20-12-13-23(30-2)22(15-20)17-31-24-11-7-6-10-21(24)14-19-8-4-3-5-9-19/h3-13,15-16H,14,17H2,1-2H3,(H,28,32)/b26-16+. The molecule has 0 aliphatic rings. The first-order valence-electron chi connectivity index (χ1n) is 10.2. The fourth-order valence-corrected chi connectivity index (χ4v) is 3.61. The summed E-state index contributed by atoms with van der Waals surface area (Å²) < 4.78 is 13.8. The minimum atomic E-state index is 0.376. The van der Waals surface area contributed by atoms with Gasteiger partial charge in [-0.05, 0) is 60.1 Å². The van der Waals surface area contributed by atoms with Gasteiger partial charge in [0.05, 0.1) is 13.3 Å². The number of ether oxygens (including phenoxy) is 2. The number of para-hydroxylation sites is 1. The van der Waals surface area contributed by atoms with Crippen LogP contribution in [0.5, 0.6) is 11.5 Å². The summed E-state index contributed by atoms with van der Waals surface area (Å²) in [7, 11) is 1.66. The van der Waals surface area contributed by atoms with Crippen LogP contribution in [-0.4, -0.2) is 28.2 Å². The van der Waals surface area contributed by atoms with Crippen LogP contribution >= 0.6 is 12.2 Å². The Morgan fingerprint density at radius 2 is 1.78 bits per heavy atom. The minimum absolute atomic E-state index is 0.376. The van der Waals surface area contributed by atoms with Gasteiger partial charge in [-0.1, -0.05) is 48.5 Å². The molecule has 0 aliphatic heterocycles. The molecule has 1 aromatic heterocycles. The lowest BCUT2D eigenvalue weighted by atomic mass is 10.0. The average molecular weight is 445 g/mol. The Labute approximate surface area is 192 Å². The summed E-state index contributed by atoms with van der Waals surface area (Å²) in [5.74, 6) is 2.31. The van der Waals surface area contributed by atoms with Crippen molar-refractivity contribution in [2.24, 2.45) is 5.10 Å². The van der Waals surface area contributed by atoms with Crippen LogP contribution in [-0.2, 0) is 13.0 Å². The first kappa shape index (κ1) is 21.5. The number of H-pyrrole nitrogens is 1. The maximum atomic E-state index is 6.22. The molecule has 4 aromatic rings. The topological polar surface area (TPSA) is 64.4 Å². The van der Waals surface area contributed by atoms with E-state index in [9.17, 15) is 0 Å². The third-order valence-electron chi connectivity index (χ3n) is 5.03. The Balaban J connectivity index is 1.53. The van der Waals surface area contributed by atoms with Gasteiger partial charge in [-0.3, -0.25) is 5.10 Å². The van der Waals surface area contributed by atoms with E-state index >= 15 is 0 Å². The van der Waals surface area contributed by atoms with Crippen LogP contribution in [0.25, 0.3) is 0 Å². The lowest BCUT2D eigenvalue weighted by molar-refractivity contribution is 0.294. The summed E-state index contributed by atoms with van der Waals surface area (Å²) in [5, 5.41) is 11.2. The average Bonchev–Trinajstić information content (AvgIpc) is 3.15. The fraction of sp³-hybridized carbons (Fsp3) is 0.160. The van der Waals surface area contributed by atoms with Crippen molar-refractivity contribution in [3.05, 3.63) is 106 Å². The molecule has 0 unspecified atom stereocenters. The Morgan fingerprint density at radius 3 is 2.53 bits per heavy atom. The number of aromatic nitrogens is 3. The molecule has 0 saturated heterocycles. The van der Waals surface area contributed by atoms with Crippen molar-refractivity contribution in [3.8, 4) is 11.5 Å². The van der Waals surface area contributed by atoms with Crippen molar-refractivity contribution in [3.63, 3.8) is 0 Å². The highest BCUT2D eigenvalue weighted by molar-refractivity contribution is 7.71. The molecule has 0 saturated carbocycles. The summed E-state index contributed by atoms with van der Waals surface area (Å²) in [6.07, 6.45) is 2.55. The highest BCUT2D eigenvalue weighted by Gasteiger charge is 2.09. The van der Waals surface area contributed by atoms with Gasteiger partial charge in [-0.2, -0.15) is 14.9 Å². The van der Waals surface area contributed by atoms with Crippen molar-refractivity contribution in [1.82, 2.24) is 14.9 Å². The molecule has 0 amide bonds. The molecular weight excluding hydrogens is 420 g/mol. The molecule has 162 valence electrons. The van der Waals surface area contributed by atoms with Gasteiger partial charge in [-0.15, -0.1) is 0 Å². The number of hydrogen-bond donors (Lipinski definition) is 1. The molecule has 3 aromatic carbocycles. The first-order valence-corrected chi connectivity index (χ1v) is 10.6. The van der Waals surface area contributed by atoms with E-state index in [4.69, 9.17) is 21.7 Å². The normalized spacial score (nSPS) is 11.1. The highest BCUT2D eigenvalue weighted by atomic mass is 32.1. The van der Waals surface area contributed by atoms with Gasteiger partial charge in [0.1, 0.15) is 23.9 Å². The summed E-state index contributed by atoms with van der Waals surface area (Å²) >= 11 is 5.20. The number of nitrogens with one attached hydrogen (secondary N) is 1. The highest BCUT2D eigenvalue weighted by Crippen LogP contribution is 2.25. The van der Waals surface area contributed by atoms with E-state index < -0.39 is 0 Å². The quantitative estimate of drug-likeness (QED) is 0.295. The lowest BCUT2D eigenvalue weighted by Gasteiger charge is -2.14. The predicted octanol–water partition coefficient (Wildman–Crippen LogP) is 5.31. The maximum absolute atomic E-state index is 6.22. The second-order valence-corrected chi connectivity index (χ2v) is 7.65. The molecule has 32 heavy (non-hydrogen) atoms. The number of hydrogen-bond acceptors (Lipinski definition) is 5.